The summed E-state index contributed by atoms with van der Waals surface area (Å²) in [5, 5.41) is 21.5. The number of aliphatic hydroxyl groups is 2. The second-order valence-corrected chi connectivity index (χ2v) is 11.6. The fourth-order valence-corrected chi connectivity index (χ4v) is 6.28. The van der Waals surface area contributed by atoms with Crippen molar-refractivity contribution < 1.29 is 23.4 Å². The zero-order chi connectivity index (χ0) is 28.8. The van der Waals surface area contributed by atoms with E-state index < -0.39 is 23.9 Å². The molecule has 5 N–H and O–H groups in total. The molecule has 1 aromatic carbocycles. The molecule has 40 heavy (non-hydrogen) atoms. The number of nitrogens with one attached hydrogen (secondary N) is 1. The van der Waals surface area contributed by atoms with E-state index in [4.69, 9.17) is 17.3 Å². The van der Waals surface area contributed by atoms with Crippen LogP contribution in [0.1, 0.15) is 44.5 Å². The molecule has 218 valence electrons. The number of imidazole rings is 1. The molecule has 0 bridgehead atoms. The molecular weight excluding hydrogens is 547 g/mol. The maximum absolute atomic E-state index is 13.2. The topological polar surface area (TPSA) is 126 Å². The fourth-order valence-electron chi connectivity index (χ4n) is 6.01. The first-order valence-electron chi connectivity index (χ1n) is 13.6. The molecule has 3 aliphatic rings. The van der Waals surface area contributed by atoms with Gasteiger partial charge in [-0.1, -0.05) is 17.7 Å². The maximum Gasteiger partial charge on any atom is 0.417 e. The maximum atomic E-state index is 13.2. The molecule has 6 atom stereocenters. The number of hydrogen-bond donors (Lipinski definition) is 4. The number of benzene rings is 1. The van der Waals surface area contributed by atoms with E-state index in [0.29, 0.717) is 42.1 Å². The third-order valence-electron chi connectivity index (χ3n) is 8.25. The van der Waals surface area contributed by atoms with Gasteiger partial charge < -0.3 is 30.7 Å². The molecule has 1 aliphatic carbocycles. The molecule has 1 fully saturated rings. The molecule has 5 rings (SSSR count). The summed E-state index contributed by atoms with van der Waals surface area (Å²) >= 11 is 5.82. The number of alkyl halides is 3. The van der Waals surface area contributed by atoms with E-state index in [1.165, 1.54) is 12.4 Å². The van der Waals surface area contributed by atoms with Crippen LogP contribution < -0.4 is 5.73 Å². The van der Waals surface area contributed by atoms with Crippen LogP contribution in [0.5, 0.6) is 0 Å². The average Bonchev–Trinajstić information content (AvgIpc) is 3.56. The average molecular weight is 582 g/mol. The number of aromatic amines is 1. The summed E-state index contributed by atoms with van der Waals surface area (Å²) in [6.45, 7) is 5.61. The Morgan fingerprint density at radius 3 is 2.73 bits per heavy atom. The Hall–Kier alpha value is -2.67. The zero-order valence-corrected chi connectivity index (χ0v) is 23.1. The van der Waals surface area contributed by atoms with Crippen molar-refractivity contribution in [3.8, 4) is 0 Å². The van der Waals surface area contributed by atoms with Crippen LogP contribution in [-0.2, 0) is 12.6 Å². The lowest BCUT2D eigenvalue weighted by atomic mass is 10.0. The Balaban J connectivity index is 1.15. The Morgan fingerprint density at radius 2 is 2.00 bits per heavy atom. The summed E-state index contributed by atoms with van der Waals surface area (Å²) in [5.41, 5.74) is 5.87. The smallest absolute Gasteiger partial charge is 0.390 e. The highest BCUT2D eigenvalue weighted by Gasteiger charge is 2.48. The van der Waals surface area contributed by atoms with Crippen molar-refractivity contribution in [2.45, 2.75) is 76.2 Å². The van der Waals surface area contributed by atoms with Crippen LogP contribution in [0.15, 0.2) is 34.4 Å². The SMILES string of the molecule is CC(C)N(CCCCc1nc2cc(Cl)c(C(F)(F)F)cc2[nH]1)C[C@H]1C[C@@H](N2C=CC3C(N)=NC=NC32)[C@H](O)[C@@H]1O. The third kappa shape index (κ3) is 5.72. The molecule has 1 aromatic heterocycles. The molecule has 2 aliphatic heterocycles. The predicted molar refractivity (Wildman–Crippen MR) is 148 cm³/mol. The van der Waals surface area contributed by atoms with E-state index in [1.54, 1.807) is 0 Å². The molecule has 0 radical (unpaired) electrons. The van der Waals surface area contributed by atoms with Crippen LogP contribution in [0.4, 0.5) is 13.2 Å². The monoisotopic (exact) mass is 581 g/mol. The minimum atomic E-state index is -4.53. The van der Waals surface area contributed by atoms with Crippen molar-refractivity contribution in [3.05, 3.63) is 40.8 Å². The zero-order valence-electron chi connectivity index (χ0n) is 22.4. The Morgan fingerprint density at radius 1 is 1.23 bits per heavy atom. The number of aryl methyl sites for hydroxylation is 1. The van der Waals surface area contributed by atoms with Crippen LogP contribution in [0.25, 0.3) is 11.0 Å². The largest absolute Gasteiger partial charge is 0.417 e. The van der Waals surface area contributed by atoms with Gasteiger partial charge in [0, 0.05) is 24.9 Å². The van der Waals surface area contributed by atoms with Crippen LogP contribution in [-0.4, -0.2) is 85.7 Å². The number of nitrogens with two attached hydrogens (primary N) is 1. The molecule has 9 nitrogen and oxygen atoms in total. The third-order valence-corrected chi connectivity index (χ3v) is 8.56. The standard InChI is InChI=1S/C27H35ClF3N7O2/c1-14(2)37(7-4-3-5-22-35-19-10-17(27(29,30)31)18(28)11-20(19)36-22)12-15-9-21(24(40)23(15)39)38-8-6-16-25(32)33-13-34-26(16)38/h6,8,10-11,13-16,21,23-24,26,39-40H,3-5,7,9,12H2,1-2H3,(H,35,36)(H2,32,33,34)/t15-,16?,21-,23-,24+,26?/m1/s1. The number of aromatic nitrogens is 2. The summed E-state index contributed by atoms with van der Waals surface area (Å²) in [6, 6.07) is 2.20. The van der Waals surface area contributed by atoms with E-state index in [9.17, 15) is 23.4 Å². The van der Waals surface area contributed by atoms with Gasteiger partial charge in [0.25, 0.3) is 0 Å². The lowest BCUT2D eigenvalue weighted by Crippen LogP contribution is -2.47. The number of nitrogens with zero attached hydrogens (tertiary/aromatic N) is 5. The van der Waals surface area contributed by atoms with Gasteiger partial charge in [0.1, 0.15) is 30.3 Å². The Bertz CT molecular complexity index is 1310. The summed E-state index contributed by atoms with van der Waals surface area (Å²) in [6.07, 6.45) is 1.58. The number of aliphatic hydroxyl groups excluding tert-OH is 2. The molecule has 13 heteroatoms. The van der Waals surface area contributed by atoms with Gasteiger partial charge in [-0.3, -0.25) is 0 Å². The molecule has 2 aromatic rings. The summed E-state index contributed by atoms with van der Waals surface area (Å²) in [5.74, 6) is 0.867. The van der Waals surface area contributed by atoms with Crippen LogP contribution in [0.3, 0.4) is 0 Å². The van der Waals surface area contributed by atoms with E-state index in [0.717, 1.165) is 25.5 Å². The highest BCUT2D eigenvalue weighted by Crippen LogP contribution is 2.38. The van der Waals surface area contributed by atoms with Crippen LogP contribution >= 0.6 is 11.6 Å². The Labute approximate surface area is 235 Å². The first-order valence-corrected chi connectivity index (χ1v) is 14.0. The van der Waals surface area contributed by atoms with Gasteiger partial charge >= 0.3 is 6.18 Å². The number of unbranched alkanes of at least 4 members (excludes halogenated alkanes) is 1. The van der Waals surface area contributed by atoms with Gasteiger partial charge in [0.15, 0.2) is 0 Å². The minimum absolute atomic E-state index is 0.114. The van der Waals surface area contributed by atoms with Crippen molar-refractivity contribution >= 4 is 34.8 Å². The van der Waals surface area contributed by atoms with Gasteiger partial charge in [-0.15, -0.1) is 0 Å². The number of H-pyrrole nitrogens is 1. The molecule has 0 saturated heterocycles. The summed E-state index contributed by atoms with van der Waals surface area (Å²) in [7, 11) is 0. The first kappa shape index (κ1) is 28.8. The van der Waals surface area contributed by atoms with Gasteiger partial charge in [0.2, 0.25) is 0 Å². The quantitative estimate of drug-likeness (QED) is 0.336. The van der Waals surface area contributed by atoms with Crippen molar-refractivity contribution in [2.75, 3.05) is 13.1 Å². The molecule has 0 amide bonds. The van der Waals surface area contributed by atoms with Crippen LogP contribution in [0.2, 0.25) is 5.02 Å². The van der Waals surface area contributed by atoms with E-state index in [1.807, 2.05) is 17.2 Å². The molecule has 0 spiro atoms. The van der Waals surface area contributed by atoms with Gasteiger partial charge in [0.05, 0.1) is 39.7 Å². The molecule has 2 unspecified atom stereocenters. The lowest BCUT2D eigenvalue weighted by molar-refractivity contribution is -0.137. The number of aliphatic imine (C=N–C) groups is 2. The summed E-state index contributed by atoms with van der Waals surface area (Å²) < 4.78 is 39.5. The molecule has 3 heterocycles. The second-order valence-electron chi connectivity index (χ2n) is 11.2. The van der Waals surface area contributed by atoms with E-state index >= 15 is 0 Å². The molecular formula is C27H35ClF3N7O2. The van der Waals surface area contributed by atoms with Gasteiger partial charge in [-0.2, -0.15) is 13.2 Å². The van der Waals surface area contributed by atoms with E-state index in [-0.39, 0.29) is 35.1 Å². The lowest BCUT2D eigenvalue weighted by Gasteiger charge is -2.34. The van der Waals surface area contributed by atoms with Gasteiger partial charge in [-0.05, 0) is 58.0 Å². The number of amidine groups is 1. The number of halogens is 4. The van der Waals surface area contributed by atoms with Crippen LogP contribution in [0, 0.1) is 11.8 Å². The Kier molecular flexibility index (Phi) is 8.15. The van der Waals surface area contributed by atoms with E-state index in [2.05, 4.69) is 38.7 Å². The number of fused-ring (bicyclic) bond motifs is 2. The predicted octanol–water partition coefficient (Wildman–Crippen LogP) is 3.55. The minimum Gasteiger partial charge on any atom is -0.390 e. The normalized spacial score (nSPS) is 28.4. The highest BCUT2D eigenvalue weighted by molar-refractivity contribution is 6.32. The van der Waals surface area contributed by atoms with Crippen molar-refractivity contribution in [3.63, 3.8) is 0 Å². The molecule has 1 saturated carbocycles. The first-order chi connectivity index (χ1) is 18.9. The van der Waals surface area contributed by atoms with Crippen molar-refractivity contribution in [2.24, 2.45) is 27.6 Å². The van der Waals surface area contributed by atoms with Crippen molar-refractivity contribution in [1.29, 1.82) is 0 Å². The van der Waals surface area contributed by atoms with Crippen molar-refractivity contribution in [1.82, 2.24) is 19.8 Å². The fraction of sp³-hybridized carbons (Fsp3) is 0.593. The highest BCUT2D eigenvalue weighted by atomic mass is 35.5. The number of rotatable bonds is 9. The summed E-state index contributed by atoms with van der Waals surface area (Å²) in [4.78, 5) is 20.2. The second kappa shape index (κ2) is 11.3. The number of hydrogen-bond acceptors (Lipinski definition) is 8. The van der Waals surface area contributed by atoms with Gasteiger partial charge in [-0.25, -0.2) is 15.0 Å².